The zero-order valence-electron chi connectivity index (χ0n) is 16.0. The second-order valence-electron chi connectivity index (χ2n) is 6.17. The van der Waals surface area contributed by atoms with Crippen molar-refractivity contribution in [3.63, 3.8) is 0 Å². The molecule has 0 amide bonds. The van der Waals surface area contributed by atoms with Crippen molar-refractivity contribution in [3.05, 3.63) is 22.3 Å². The van der Waals surface area contributed by atoms with Crippen molar-refractivity contribution >= 4 is 5.97 Å². The average molecular weight is 352 g/mol. The van der Waals surface area contributed by atoms with Crippen molar-refractivity contribution in [1.29, 1.82) is 0 Å². The first kappa shape index (κ1) is 21.3. The normalized spacial score (nSPS) is 10.9. The number of benzene rings is 1. The Hall–Kier alpha value is -1.75. The summed E-state index contributed by atoms with van der Waals surface area (Å²) in [7, 11) is 0. The van der Waals surface area contributed by atoms with Crippen molar-refractivity contribution in [1.82, 2.24) is 0 Å². The predicted molar refractivity (Wildman–Crippen MR) is 98.5 cm³/mol. The number of carboxylic acid groups (broad SMARTS) is 1. The first-order valence-corrected chi connectivity index (χ1v) is 9.45. The summed E-state index contributed by atoms with van der Waals surface area (Å²) in [5.41, 5.74) is 2.36. The Morgan fingerprint density at radius 1 is 0.880 bits per heavy atom. The summed E-state index contributed by atoms with van der Waals surface area (Å²) in [5, 5.41) is 20.0. The molecule has 0 spiro atoms. The van der Waals surface area contributed by atoms with Crippen molar-refractivity contribution in [3.8, 4) is 11.5 Å². The molecule has 0 fully saturated rings. The predicted octanol–water partition coefficient (Wildman–Crippen LogP) is 5.06. The molecule has 142 valence electrons. The second kappa shape index (κ2) is 11.0. The minimum atomic E-state index is -1.14. The molecule has 0 saturated carbocycles. The number of hydrogen-bond donors (Lipinski definition) is 2. The van der Waals surface area contributed by atoms with Crippen molar-refractivity contribution < 1.29 is 24.8 Å². The number of unbranched alkanes of at least 4 members (excludes halogenated alkanes) is 4. The van der Waals surface area contributed by atoms with E-state index in [1.807, 2.05) is 20.8 Å². The van der Waals surface area contributed by atoms with Crippen molar-refractivity contribution in [2.75, 3.05) is 6.61 Å². The highest BCUT2D eigenvalue weighted by atomic mass is 17.2. The molecule has 0 unspecified atom stereocenters. The van der Waals surface area contributed by atoms with Gasteiger partial charge in [0.15, 0.2) is 5.75 Å². The molecule has 0 aliphatic carbocycles. The van der Waals surface area contributed by atoms with Gasteiger partial charge in [0.1, 0.15) is 5.56 Å². The van der Waals surface area contributed by atoms with Gasteiger partial charge in [0, 0.05) is 5.56 Å². The van der Waals surface area contributed by atoms with E-state index in [2.05, 4.69) is 6.92 Å². The molecule has 1 aromatic rings. The van der Waals surface area contributed by atoms with Gasteiger partial charge < -0.3 is 15.1 Å². The minimum absolute atomic E-state index is 0.0712. The Morgan fingerprint density at radius 3 is 2.00 bits per heavy atom. The highest BCUT2D eigenvalue weighted by Crippen LogP contribution is 2.40. The van der Waals surface area contributed by atoms with Crippen LogP contribution >= 0.6 is 0 Å². The largest absolute Gasteiger partial charge is 0.504 e. The molecule has 0 bridgehead atoms. The summed E-state index contributed by atoms with van der Waals surface area (Å²) >= 11 is 0. The fourth-order valence-electron chi connectivity index (χ4n) is 3.25. The van der Waals surface area contributed by atoms with Gasteiger partial charge in [-0.15, -0.1) is 0 Å². The fraction of sp³-hybridized carbons (Fsp3) is 0.650. The van der Waals surface area contributed by atoms with Crippen LogP contribution in [0.3, 0.4) is 0 Å². The molecule has 0 aliphatic rings. The Labute approximate surface area is 150 Å². The van der Waals surface area contributed by atoms with Gasteiger partial charge in [-0.05, 0) is 36.8 Å². The molecule has 1 rings (SSSR count). The molecular formula is C20H32O5. The van der Waals surface area contributed by atoms with E-state index in [4.69, 9.17) is 9.78 Å². The number of carboxylic acids is 1. The lowest BCUT2D eigenvalue weighted by Gasteiger charge is -2.20. The van der Waals surface area contributed by atoms with E-state index < -0.39 is 5.97 Å². The molecule has 0 atom stereocenters. The molecule has 0 radical (unpaired) electrons. The molecular weight excluding hydrogens is 320 g/mol. The molecule has 0 aromatic heterocycles. The molecule has 25 heavy (non-hydrogen) atoms. The fourth-order valence-corrected chi connectivity index (χ4v) is 3.25. The van der Waals surface area contributed by atoms with E-state index >= 15 is 0 Å². The van der Waals surface area contributed by atoms with Gasteiger partial charge in [-0.1, -0.05) is 53.4 Å². The highest BCUT2D eigenvalue weighted by molar-refractivity contribution is 5.94. The summed E-state index contributed by atoms with van der Waals surface area (Å²) in [6.07, 6.45) is 7.37. The topological polar surface area (TPSA) is 76.0 Å². The first-order valence-electron chi connectivity index (χ1n) is 9.45. The summed E-state index contributed by atoms with van der Waals surface area (Å²) in [4.78, 5) is 22.3. The van der Waals surface area contributed by atoms with Gasteiger partial charge in [-0.3, -0.25) is 0 Å². The third kappa shape index (κ3) is 5.36. The zero-order chi connectivity index (χ0) is 18.8. The third-order valence-electron chi connectivity index (χ3n) is 4.50. The van der Waals surface area contributed by atoms with Crippen LogP contribution in [0.4, 0.5) is 0 Å². The number of phenols is 1. The maximum Gasteiger partial charge on any atom is 0.339 e. The van der Waals surface area contributed by atoms with Gasteiger partial charge in [0.05, 0.1) is 6.61 Å². The molecule has 0 aliphatic heterocycles. The average Bonchev–Trinajstić information content (AvgIpc) is 2.60. The number of hydrogen-bond acceptors (Lipinski definition) is 4. The Kier molecular flexibility index (Phi) is 9.35. The van der Waals surface area contributed by atoms with Crippen LogP contribution in [0.1, 0.15) is 86.8 Å². The van der Waals surface area contributed by atoms with Gasteiger partial charge >= 0.3 is 5.97 Å². The Balaban J connectivity index is 3.01. The minimum Gasteiger partial charge on any atom is -0.504 e. The lowest BCUT2D eigenvalue weighted by molar-refractivity contribution is -0.208. The van der Waals surface area contributed by atoms with Gasteiger partial charge in [-0.25, -0.2) is 4.79 Å². The molecule has 0 heterocycles. The summed E-state index contributed by atoms with van der Waals surface area (Å²) in [6.45, 7) is 8.43. The lowest BCUT2D eigenvalue weighted by atomic mass is 9.89. The zero-order valence-corrected chi connectivity index (χ0v) is 16.0. The van der Waals surface area contributed by atoms with E-state index in [1.54, 1.807) is 0 Å². The molecule has 2 N–H and O–H groups in total. The second-order valence-corrected chi connectivity index (χ2v) is 6.17. The smallest absolute Gasteiger partial charge is 0.339 e. The highest BCUT2D eigenvalue weighted by Gasteiger charge is 2.26. The summed E-state index contributed by atoms with van der Waals surface area (Å²) < 4.78 is 0. The van der Waals surface area contributed by atoms with Crippen molar-refractivity contribution in [2.24, 2.45) is 0 Å². The van der Waals surface area contributed by atoms with Crippen LogP contribution in [0.2, 0.25) is 0 Å². The number of carbonyl (C=O) groups is 1. The SMILES string of the molecule is CCCCCCCOOc1c(O)c(C(=O)O)c(CC)c(CC)c1CC. The molecule has 5 heteroatoms. The maximum atomic E-state index is 11.6. The first-order chi connectivity index (χ1) is 12.0. The number of aromatic carboxylic acids is 1. The number of rotatable bonds is 12. The van der Waals surface area contributed by atoms with E-state index in [-0.39, 0.29) is 17.1 Å². The van der Waals surface area contributed by atoms with Crippen LogP contribution in [-0.4, -0.2) is 22.8 Å². The molecule has 0 saturated heterocycles. The Bertz CT molecular complexity index is 566. The summed E-state index contributed by atoms with van der Waals surface area (Å²) in [5.74, 6) is -1.32. The monoisotopic (exact) mass is 352 g/mol. The number of aromatic hydroxyl groups is 1. The van der Waals surface area contributed by atoms with Crippen LogP contribution in [0.25, 0.3) is 0 Å². The van der Waals surface area contributed by atoms with E-state index in [1.165, 1.54) is 19.3 Å². The third-order valence-corrected chi connectivity index (χ3v) is 4.50. The van der Waals surface area contributed by atoms with Crippen LogP contribution < -0.4 is 4.89 Å². The van der Waals surface area contributed by atoms with Gasteiger partial charge in [0.25, 0.3) is 0 Å². The Morgan fingerprint density at radius 2 is 1.48 bits per heavy atom. The maximum absolute atomic E-state index is 11.6. The lowest BCUT2D eigenvalue weighted by Crippen LogP contribution is -2.12. The van der Waals surface area contributed by atoms with Gasteiger partial charge in [-0.2, -0.15) is 4.89 Å². The van der Waals surface area contributed by atoms with Crippen LogP contribution in [0.15, 0.2) is 0 Å². The molecule has 1 aromatic carbocycles. The van der Waals surface area contributed by atoms with Crippen LogP contribution in [-0.2, 0) is 24.2 Å². The van der Waals surface area contributed by atoms with Crippen molar-refractivity contribution in [2.45, 2.75) is 79.1 Å². The van der Waals surface area contributed by atoms with E-state index in [0.717, 1.165) is 24.0 Å². The molecule has 5 nitrogen and oxygen atoms in total. The van der Waals surface area contributed by atoms with E-state index in [9.17, 15) is 15.0 Å². The van der Waals surface area contributed by atoms with Crippen LogP contribution in [0.5, 0.6) is 11.5 Å². The van der Waals surface area contributed by atoms with Gasteiger partial charge in [0.2, 0.25) is 5.75 Å². The quantitative estimate of drug-likeness (QED) is 0.312. The summed E-state index contributed by atoms with van der Waals surface area (Å²) in [6, 6.07) is 0. The standard InChI is InChI=1S/C20H32O5/c1-5-9-10-11-12-13-24-25-19-16(8-4)14(6-2)15(7-3)17(18(19)21)20(22)23/h21H,5-13H2,1-4H3,(H,22,23). The van der Waals surface area contributed by atoms with E-state index in [0.29, 0.717) is 31.4 Å². The van der Waals surface area contributed by atoms with Crippen LogP contribution in [0, 0.1) is 0 Å².